The number of benzene rings is 2. The Kier molecular flexibility index (Phi) is 5.43. The Hall–Kier alpha value is -2.67. The van der Waals surface area contributed by atoms with Gasteiger partial charge in [-0.15, -0.1) is 5.10 Å². The number of aromatic nitrogens is 4. The molecule has 4 rings (SSSR count). The van der Waals surface area contributed by atoms with E-state index in [1.165, 1.54) is 22.9 Å². The molecule has 0 N–H and O–H groups in total. The van der Waals surface area contributed by atoms with Gasteiger partial charge in [0.15, 0.2) is 0 Å². The smallest absolute Gasteiger partial charge is 0.233 e. The van der Waals surface area contributed by atoms with Gasteiger partial charge in [0, 0.05) is 7.05 Å². The van der Waals surface area contributed by atoms with Crippen LogP contribution in [0.15, 0.2) is 53.7 Å². The summed E-state index contributed by atoms with van der Waals surface area (Å²) in [7, 11) is 1.90. The van der Waals surface area contributed by atoms with Crippen LogP contribution in [-0.4, -0.2) is 43.8 Å². The van der Waals surface area contributed by atoms with Gasteiger partial charge in [0.25, 0.3) is 0 Å². The molecule has 0 saturated heterocycles. The Morgan fingerprint density at radius 2 is 2.11 bits per heavy atom. The lowest BCUT2D eigenvalue weighted by Gasteiger charge is -2.33. The number of nitrogens with zero attached hydrogens (tertiary/aromatic N) is 5. The van der Waals surface area contributed by atoms with Crippen LogP contribution in [0.4, 0.5) is 0 Å². The quantitative estimate of drug-likeness (QED) is 0.620. The summed E-state index contributed by atoms with van der Waals surface area (Å²) in [5.41, 5.74) is 4.67. The number of thioether (sulfide) groups is 1. The molecule has 6 nitrogen and oxygen atoms in total. The number of fused-ring (bicyclic) bond motifs is 1. The predicted octanol–water partition coefficient (Wildman–Crippen LogP) is 3.60. The molecule has 3 aromatic rings. The summed E-state index contributed by atoms with van der Waals surface area (Å²) in [4.78, 5) is 14.8. The van der Waals surface area contributed by atoms with E-state index in [1.807, 2.05) is 43.1 Å². The Labute approximate surface area is 168 Å². The molecule has 0 radical (unpaired) electrons. The highest BCUT2D eigenvalue weighted by atomic mass is 32.2. The van der Waals surface area contributed by atoms with Crippen molar-refractivity contribution in [2.24, 2.45) is 0 Å². The summed E-state index contributed by atoms with van der Waals surface area (Å²) in [6.45, 7) is 2.03. The van der Waals surface area contributed by atoms with Gasteiger partial charge in [-0.3, -0.25) is 4.79 Å². The van der Waals surface area contributed by atoms with Crippen LogP contribution < -0.4 is 0 Å². The summed E-state index contributed by atoms with van der Waals surface area (Å²) >= 11 is 1.37. The monoisotopic (exact) mass is 393 g/mol. The van der Waals surface area contributed by atoms with E-state index >= 15 is 0 Å². The first kappa shape index (κ1) is 18.7. The first-order valence-electron chi connectivity index (χ1n) is 9.45. The molecule has 1 aromatic heterocycles. The van der Waals surface area contributed by atoms with Crippen molar-refractivity contribution in [2.75, 3.05) is 12.8 Å². The number of hydrogen-bond donors (Lipinski definition) is 0. The fraction of sp³-hybridized carbons (Fsp3) is 0.333. The average molecular weight is 394 g/mol. The highest BCUT2D eigenvalue weighted by Gasteiger charge is 2.26. The van der Waals surface area contributed by atoms with Gasteiger partial charge in [-0.2, -0.15) is 4.68 Å². The van der Waals surface area contributed by atoms with E-state index in [-0.39, 0.29) is 11.9 Å². The third-order valence-electron chi connectivity index (χ3n) is 5.21. The van der Waals surface area contributed by atoms with Gasteiger partial charge in [0.05, 0.1) is 17.5 Å². The van der Waals surface area contributed by atoms with E-state index in [9.17, 15) is 4.79 Å². The highest BCUT2D eigenvalue weighted by molar-refractivity contribution is 7.99. The van der Waals surface area contributed by atoms with E-state index in [4.69, 9.17) is 0 Å². The minimum atomic E-state index is 0.0884. The summed E-state index contributed by atoms with van der Waals surface area (Å²) in [5, 5.41) is 12.6. The zero-order chi connectivity index (χ0) is 19.5. The molecule has 0 fully saturated rings. The lowest BCUT2D eigenvalue weighted by atomic mass is 9.87. The first-order chi connectivity index (χ1) is 13.6. The van der Waals surface area contributed by atoms with E-state index in [0.29, 0.717) is 10.9 Å². The molecular formula is C21H23N5OS. The zero-order valence-electron chi connectivity index (χ0n) is 16.1. The lowest BCUT2D eigenvalue weighted by Crippen LogP contribution is -2.34. The molecule has 1 unspecified atom stereocenters. The van der Waals surface area contributed by atoms with Crippen LogP contribution in [-0.2, 0) is 11.2 Å². The van der Waals surface area contributed by atoms with Gasteiger partial charge >= 0.3 is 0 Å². The Bertz CT molecular complexity index is 986. The normalized spacial score (nSPS) is 15.9. The van der Waals surface area contributed by atoms with Gasteiger partial charge in [-0.05, 0) is 65.4 Å². The third kappa shape index (κ3) is 3.80. The second-order valence-electron chi connectivity index (χ2n) is 7.11. The molecule has 0 spiro atoms. The molecule has 28 heavy (non-hydrogen) atoms. The van der Waals surface area contributed by atoms with Gasteiger partial charge < -0.3 is 4.90 Å². The van der Waals surface area contributed by atoms with Crippen molar-refractivity contribution >= 4 is 17.7 Å². The fourth-order valence-electron chi connectivity index (χ4n) is 3.72. The largest absolute Gasteiger partial charge is 0.338 e. The summed E-state index contributed by atoms with van der Waals surface area (Å²) in [6.07, 6.45) is 3.21. The van der Waals surface area contributed by atoms with Crippen LogP contribution in [0, 0.1) is 6.92 Å². The Morgan fingerprint density at radius 1 is 1.25 bits per heavy atom. The highest BCUT2D eigenvalue weighted by Crippen LogP contribution is 2.34. The number of carbonyl (C=O) groups excluding carboxylic acids is 1. The SMILES string of the molecule is Cc1cccc(-n2nnnc2SCC(=O)N(C)C2CCCc3ccccc32)c1. The molecule has 1 atom stereocenters. The van der Waals surface area contributed by atoms with Gasteiger partial charge in [-0.1, -0.05) is 48.2 Å². The molecular weight excluding hydrogens is 370 g/mol. The summed E-state index contributed by atoms with van der Waals surface area (Å²) < 4.78 is 1.68. The predicted molar refractivity (Wildman–Crippen MR) is 110 cm³/mol. The van der Waals surface area contributed by atoms with Gasteiger partial charge in [0.1, 0.15) is 0 Å². The minimum Gasteiger partial charge on any atom is -0.338 e. The van der Waals surface area contributed by atoms with Crippen molar-refractivity contribution in [3.63, 3.8) is 0 Å². The van der Waals surface area contributed by atoms with E-state index < -0.39 is 0 Å². The number of rotatable bonds is 5. The fourth-order valence-corrected chi connectivity index (χ4v) is 4.54. The molecule has 144 valence electrons. The van der Waals surface area contributed by atoms with Crippen molar-refractivity contribution in [1.82, 2.24) is 25.1 Å². The second kappa shape index (κ2) is 8.14. The summed E-state index contributed by atoms with van der Waals surface area (Å²) in [5.74, 6) is 0.395. The van der Waals surface area contributed by atoms with Gasteiger partial charge in [-0.25, -0.2) is 0 Å². The van der Waals surface area contributed by atoms with Crippen molar-refractivity contribution in [3.05, 3.63) is 65.2 Å². The third-order valence-corrected chi connectivity index (χ3v) is 6.11. The van der Waals surface area contributed by atoms with E-state index in [1.54, 1.807) is 4.68 Å². The minimum absolute atomic E-state index is 0.0884. The number of carbonyl (C=O) groups is 1. The first-order valence-corrected chi connectivity index (χ1v) is 10.4. The number of amides is 1. The summed E-state index contributed by atoms with van der Waals surface area (Å²) in [6, 6.07) is 16.6. The molecule has 0 saturated carbocycles. The topological polar surface area (TPSA) is 63.9 Å². The number of aryl methyl sites for hydroxylation is 2. The van der Waals surface area contributed by atoms with Crippen molar-refractivity contribution in [2.45, 2.75) is 37.4 Å². The van der Waals surface area contributed by atoms with Crippen molar-refractivity contribution in [3.8, 4) is 5.69 Å². The Morgan fingerprint density at radius 3 is 2.96 bits per heavy atom. The molecule has 1 aliphatic carbocycles. The van der Waals surface area contributed by atoms with Crippen LogP contribution in [0.5, 0.6) is 0 Å². The van der Waals surface area contributed by atoms with Crippen molar-refractivity contribution < 1.29 is 4.79 Å². The maximum Gasteiger partial charge on any atom is 0.233 e. The standard InChI is InChI=1S/C21H23N5OS/c1-15-7-5-10-17(13-15)26-21(22-23-24-26)28-14-20(27)25(2)19-12-6-9-16-8-3-4-11-18(16)19/h3-5,7-8,10-11,13,19H,6,9,12,14H2,1-2H3. The number of hydrogen-bond acceptors (Lipinski definition) is 5. The van der Waals surface area contributed by atoms with E-state index in [2.05, 4.69) is 39.8 Å². The lowest BCUT2D eigenvalue weighted by molar-refractivity contribution is -0.129. The van der Waals surface area contributed by atoms with Crippen LogP contribution >= 0.6 is 11.8 Å². The molecule has 2 aromatic carbocycles. The maximum absolute atomic E-state index is 12.9. The number of tetrazole rings is 1. The van der Waals surface area contributed by atoms with Crippen molar-refractivity contribution in [1.29, 1.82) is 0 Å². The molecule has 1 heterocycles. The molecule has 0 bridgehead atoms. The average Bonchev–Trinajstić information content (AvgIpc) is 3.19. The maximum atomic E-state index is 12.9. The van der Waals surface area contributed by atoms with Crippen LogP contribution in [0.2, 0.25) is 0 Å². The molecule has 7 heteroatoms. The zero-order valence-corrected chi connectivity index (χ0v) is 16.9. The van der Waals surface area contributed by atoms with Crippen LogP contribution in [0.25, 0.3) is 5.69 Å². The van der Waals surface area contributed by atoms with Crippen LogP contribution in [0.3, 0.4) is 0 Å². The Balaban J connectivity index is 1.45. The van der Waals surface area contributed by atoms with Crippen LogP contribution in [0.1, 0.15) is 35.6 Å². The molecule has 0 aliphatic heterocycles. The molecule has 1 amide bonds. The molecule has 1 aliphatic rings. The van der Waals surface area contributed by atoms with E-state index in [0.717, 1.165) is 30.5 Å². The second-order valence-corrected chi connectivity index (χ2v) is 8.05. The van der Waals surface area contributed by atoms with Gasteiger partial charge in [0.2, 0.25) is 11.1 Å².